The van der Waals surface area contributed by atoms with Gasteiger partial charge in [-0.05, 0) is 52.3 Å². The first-order valence-corrected chi connectivity index (χ1v) is 6.95. The molecule has 0 heterocycles. The van der Waals surface area contributed by atoms with E-state index < -0.39 is 0 Å². The van der Waals surface area contributed by atoms with Crippen molar-refractivity contribution < 1.29 is 4.79 Å². The van der Waals surface area contributed by atoms with Crippen LogP contribution in [-0.2, 0) is 0 Å². The third-order valence-corrected chi connectivity index (χ3v) is 3.58. The SMILES string of the molecule is N#Cc1cccc(C(=O)Nc2ccc(Br)cc2Br)c1. The molecule has 0 atom stereocenters. The lowest BCUT2D eigenvalue weighted by molar-refractivity contribution is 0.102. The molecule has 0 unspecified atom stereocenters. The van der Waals surface area contributed by atoms with Crippen molar-refractivity contribution in [3.63, 3.8) is 0 Å². The number of nitriles is 1. The van der Waals surface area contributed by atoms with Gasteiger partial charge in [0.25, 0.3) is 5.91 Å². The summed E-state index contributed by atoms with van der Waals surface area (Å²) in [6.45, 7) is 0. The molecular weight excluding hydrogens is 372 g/mol. The van der Waals surface area contributed by atoms with Gasteiger partial charge in [-0.3, -0.25) is 4.79 Å². The lowest BCUT2D eigenvalue weighted by atomic mass is 10.1. The second-order valence-electron chi connectivity index (χ2n) is 3.77. The Bertz CT molecular complexity index is 677. The van der Waals surface area contributed by atoms with Gasteiger partial charge in [-0.15, -0.1) is 0 Å². The zero-order valence-electron chi connectivity index (χ0n) is 9.65. The minimum atomic E-state index is -0.250. The summed E-state index contributed by atoms with van der Waals surface area (Å²) in [4.78, 5) is 12.1. The number of hydrogen-bond acceptors (Lipinski definition) is 2. The maximum Gasteiger partial charge on any atom is 0.255 e. The highest BCUT2D eigenvalue weighted by Gasteiger charge is 2.09. The summed E-state index contributed by atoms with van der Waals surface area (Å²) in [6, 6.07) is 14.1. The highest BCUT2D eigenvalue weighted by molar-refractivity contribution is 9.11. The van der Waals surface area contributed by atoms with E-state index in [4.69, 9.17) is 5.26 Å². The summed E-state index contributed by atoms with van der Waals surface area (Å²) in [5.74, 6) is -0.250. The summed E-state index contributed by atoms with van der Waals surface area (Å²) in [5, 5.41) is 11.6. The maximum atomic E-state index is 12.1. The van der Waals surface area contributed by atoms with Crippen LogP contribution in [0.25, 0.3) is 0 Å². The Balaban J connectivity index is 2.23. The molecule has 0 saturated heterocycles. The van der Waals surface area contributed by atoms with E-state index in [1.54, 1.807) is 30.3 Å². The maximum absolute atomic E-state index is 12.1. The van der Waals surface area contributed by atoms with E-state index in [-0.39, 0.29) is 5.91 Å². The Morgan fingerprint density at radius 3 is 2.63 bits per heavy atom. The van der Waals surface area contributed by atoms with Crippen LogP contribution in [0.5, 0.6) is 0 Å². The first-order valence-electron chi connectivity index (χ1n) is 5.37. The van der Waals surface area contributed by atoms with Gasteiger partial charge >= 0.3 is 0 Å². The molecule has 5 heteroatoms. The van der Waals surface area contributed by atoms with Gasteiger partial charge in [0.2, 0.25) is 0 Å². The van der Waals surface area contributed by atoms with Gasteiger partial charge in [0, 0.05) is 14.5 Å². The van der Waals surface area contributed by atoms with E-state index in [0.29, 0.717) is 16.8 Å². The van der Waals surface area contributed by atoms with Gasteiger partial charge in [-0.25, -0.2) is 0 Å². The molecule has 1 amide bonds. The zero-order valence-corrected chi connectivity index (χ0v) is 12.8. The Morgan fingerprint density at radius 1 is 1.16 bits per heavy atom. The number of anilines is 1. The predicted octanol–water partition coefficient (Wildman–Crippen LogP) is 4.34. The average Bonchev–Trinajstić information content (AvgIpc) is 2.42. The summed E-state index contributed by atoms with van der Waals surface area (Å²) >= 11 is 6.73. The van der Waals surface area contributed by atoms with Gasteiger partial charge in [-0.2, -0.15) is 5.26 Å². The molecule has 1 N–H and O–H groups in total. The number of amides is 1. The van der Waals surface area contributed by atoms with Crippen LogP contribution in [0.1, 0.15) is 15.9 Å². The third kappa shape index (κ3) is 3.43. The molecule has 94 valence electrons. The lowest BCUT2D eigenvalue weighted by Crippen LogP contribution is -2.12. The van der Waals surface area contributed by atoms with Crippen molar-refractivity contribution in [1.82, 2.24) is 0 Å². The van der Waals surface area contributed by atoms with Crippen molar-refractivity contribution in [1.29, 1.82) is 5.26 Å². The second kappa shape index (κ2) is 6.00. The van der Waals surface area contributed by atoms with E-state index in [1.807, 2.05) is 18.2 Å². The molecule has 19 heavy (non-hydrogen) atoms. The van der Waals surface area contributed by atoms with Crippen LogP contribution in [-0.4, -0.2) is 5.91 Å². The van der Waals surface area contributed by atoms with Crippen LogP contribution < -0.4 is 5.32 Å². The van der Waals surface area contributed by atoms with Gasteiger partial charge in [0.15, 0.2) is 0 Å². The molecule has 0 radical (unpaired) electrons. The van der Waals surface area contributed by atoms with Gasteiger partial charge in [-0.1, -0.05) is 22.0 Å². The number of carbonyl (C=O) groups excluding carboxylic acids is 1. The molecule has 2 aromatic rings. The van der Waals surface area contributed by atoms with Gasteiger partial charge in [0.05, 0.1) is 17.3 Å². The van der Waals surface area contributed by atoms with Crippen molar-refractivity contribution >= 4 is 43.5 Å². The zero-order chi connectivity index (χ0) is 13.8. The van der Waals surface area contributed by atoms with Crippen LogP contribution in [0.2, 0.25) is 0 Å². The number of nitrogens with one attached hydrogen (secondary N) is 1. The largest absolute Gasteiger partial charge is 0.321 e. The Kier molecular flexibility index (Phi) is 4.35. The van der Waals surface area contributed by atoms with Crippen LogP contribution in [0.4, 0.5) is 5.69 Å². The molecular formula is C14H8Br2N2O. The van der Waals surface area contributed by atoms with Crippen molar-refractivity contribution in [3.8, 4) is 6.07 Å². The Labute approximate surface area is 127 Å². The molecule has 0 spiro atoms. The number of benzene rings is 2. The topological polar surface area (TPSA) is 52.9 Å². The van der Waals surface area contributed by atoms with Crippen molar-refractivity contribution in [2.75, 3.05) is 5.32 Å². The molecule has 0 aromatic heterocycles. The van der Waals surface area contributed by atoms with Crippen LogP contribution in [0, 0.1) is 11.3 Å². The fourth-order valence-electron chi connectivity index (χ4n) is 1.52. The summed E-state index contributed by atoms with van der Waals surface area (Å²) in [7, 11) is 0. The van der Waals surface area contributed by atoms with Crippen molar-refractivity contribution in [3.05, 3.63) is 62.5 Å². The Morgan fingerprint density at radius 2 is 1.95 bits per heavy atom. The number of halogens is 2. The fourth-order valence-corrected chi connectivity index (χ4v) is 2.66. The third-order valence-electron chi connectivity index (χ3n) is 2.43. The van der Waals surface area contributed by atoms with Crippen LogP contribution in [0.15, 0.2) is 51.4 Å². The van der Waals surface area contributed by atoms with Crippen LogP contribution >= 0.6 is 31.9 Å². The monoisotopic (exact) mass is 378 g/mol. The fraction of sp³-hybridized carbons (Fsp3) is 0. The molecule has 0 aliphatic carbocycles. The quantitative estimate of drug-likeness (QED) is 0.843. The highest BCUT2D eigenvalue weighted by Crippen LogP contribution is 2.26. The minimum absolute atomic E-state index is 0.250. The van der Waals surface area contributed by atoms with Gasteiger partial charge in [0.1, 0.15) is 0 Å². The molecule has 0 aliphatic heterocycles. The highest BCUT2D eigenvalue weighted by atomic mass is 79.9. The standard InChI is InChI=1S/C14H8Br2N2O/c15-11-4-5-13(12(16)7-11)18-14(19)10-3-1-2-9(6-10)8-17/h1-7H,(H,18,19). The number of rotatable bonds is 2. The van der Waals surface area contributed by atoms with E-state index in [0.717, 1.165) is 8.95 Å². The molecule has 2 rings (SSSR count). The Hall–Kier alpha value is -1.64. The molecule has 3 nitrogen and oxygen atoms in total. The first kappa shape index (κ1) is 13.8. The summed E-state index contributed by atoms with van der Waals surface area (Å²) in [5.41, 5.74) is 1.59. The van der Waals surface area contributed by atoms with E-state index in [2.05, 4.69) is 37.2 Å². The number of nitrogens with zero attached hydrogens (tertiary/aromatic N) is 1. The smallest absolute Gasteiger partial charge is 0.255 e. The molecule has 2 aromatic carbocycles. The number of hydrogen-bond donors (Lipinski definition) is 1. The van der Waals surface area contributed by atoms with E-state index in [1.165, 1.54) is 0 Å². The molecule has 0 fully saturated rings. The summed E-state index contributed by atoms with van der Waals surface area (Å²) < 4.78 is 1.70. The predicted molar refractivity (Wildman–Crippen MR) is 81.0 cm³/mol. The lowest BCUT2D eigenvalue weighted by Gasteiger charge is -2.08. The van der Waals surface area contributed by atoms with Gasteiger partial charge < -0.3 is 5.32 Å². The van der Waals surface area contributed by atoms with Crippen molar-refractivity contribution in [2.24, 2.45) is 0 Å². The molecule has 0 saturated carbocycles. The van der Waals surface area contributed by atoms with Crippen LogP contribution in [0.3, 0.4) is 0 Å². The average molecular weight is 380 g/mol. The molecule has 0 aliphatic rings. The molecule has 0 bridgehead atoms. The first-order chi connectivity index (χ1) is 9.10. The van der Waals surface area contributed by atoms with Crippen molar-refractivity contribution in [2.45, 2.75) is 0 Å². The van der Waals surface area contributed by atoms with E-state index >= 15 is 0 Å². The second-order valence-corrected chi connectivity index (χ2v) is 5.54. The minimum Gasteiger partial charge on any atom is -0.321 e. The van der Waals surface area contributed by atoms with E-state index in [9.17, 15) is 4.79 Å². The normalized spacial score (nSPS) is 9.74. The number of carbonyl (C=O) groups is 1. The summed E-state index contributed by atoms with van der Waals surface area (Å²) in [6.07, 6.45) is 0.